The number of thioether (sulfide) groups is 1. The lowest BCUT2D eigenvalue weighted by molar-refractivity contribution is 0.135. The summed E-state index contributed by atoms with van der Waals surface area (Å²) in [6, 6.07) is 11.8. The van der Waals surface area contributed by atoms with Gasteiger partial charge in [0, 0.05) is 17.5 Å². The second-order valence-electron chi connectivity index (χ2n) is 5.36. The zero-order valence-corrected chi connectivity index (χ0v) is 14.4. The van der Waals surface area contributed by atoms with Gasteiger partial charge < -0.3 is 15.2 Å². The fourth-order valence-electron chi connectivity index (χ4n) is 2.33. The van der Waals surface area contributed by atoms with Crippen molar-refractivity contribution in [3.63, 3.8) is 0 Å². The minimum absolute atomic E-state index is 0.160. The third-order valence-corrected chi connectivity index (χ3v) is 4.54. The molecule has 0 aliphatic rings. The van der Waals surface area contributed by atoms with Gasteiger partial charge in [-0.2, -0.15) is 0 Å². The van der Waals surface area contributed by atoms with Crippen LogP contribution in [0.1, 0.15) is 24.2 Å². The number of ether oxygens (including phenoxy) is 1. The molecular weight excluding hydrogens is 313 g/mol. The van der Waals surface area contributed by atoms with Crippen molar-refractivity contribution in [2.24, 2.45) is 0 Å². The molecule has 0 radical (unpaired) electrons. The summed E-state index contributed by atoms with van der Waals surface area (Å²) in [7, 11) is 1.66. The quantitative estimate of drug-likeness (QED) is 0.756. The van der Waals surface area contributed by atoms with Gasteiger partial charge in [0.05, 0.1) is 13.2 Å². The molecule has 5 heteroatoms. The van der Waals surface area contributed by atoms with Gasteiger partial charge in [-0.3, -0.25) is 0 Å². The summed E-state index contributed by atoms with van der Waals surface area (Å²) in [5, 5.41) is 13.6. The van der Waals surface area contributed by atoms with Crippen molar-refractivity contribution in [2.75, 3.05) is 13.4 Å². The first-order valence-corrected chi connectivity index (χ1v) is 8.65. The summed E-state index contributed by atoms with van der Waals surface area (Å²) in [4.78, 5) is 1.09. The summed E-state index contributed by atoms with van der Waals surface area (Å²) >= 11 is 1.64. The van der Waals surface area contributed by atoms with Gasteiger partial charge in [0.15, 0.2) is 0 Å². The molecule has 0 aliphatic carbocycles. The fraction of sp³-hybridized carbons (Fsp3) is 0.333. The topological polar surface area (TPSA) is 41.5 Å². The van der Waals surface area contributed by atoms with Gasteiger partial charge in [-0.15, -0.1) is 11.8 Å². The third kappa shape index (κ3) is 4.70. The Labute approximate surface area is 140 Å². The highest BCUT2D eigenvalue weighted by molar-refractivity contribution is 7.98. The zero-order chi connectivity index (χ0) is 16.8. The molecule has 3 nitrogen and oxygen atoms in total. The molecule has 0 spiro atoms. The van der Waals surface area contributed by atoms with Gasteiger partial charge in [0.25, 0.3) is 0 Å². The Kier molecular flexibility index (Phi) is 6.45. The zero-order valence-electron chi connectivity index (χ0n) is 13.5. The van der Waals surface area contributed by atoms with Gasteiger partial charge in [0.1, 0.15) is 11.6 Å². The molecule has 2 N–H and O–H groups in total. The molecule has 0 bridgehead atoms. The number of aliphatic hydroxyl groups is 1. The van der Waals surface area contributed by atoms with E-state index < -0.39 is 6.10 Å². The van der Waals surface area contributed by atoms with Gasteiger partial charge in [-0.25, -0.2) is 4.39 Å². The van der Waals surface area contributed by atoms with Crippen molar-refractivity contribution in [1.82, 2.24) is 5.32 Å². The number of halogens is 1. The summed E-state index contributed by atoms with van der Waals surface area (Å²) < 4.78 is 18.3. The lowest BCUT2D eigenvalue weighted by Crippen LogP contribution is -2.31. The molecule has 0 amide bonds. The van der Waals surface area contributed by atoms with Crippen LogP contribution >= 0.6 is 11.8 Å². The highest BCUT2D eigenvalue weighted by Gasteiger charge is 2.16. The Balaban J connectivity index is 1.98. The van der Waals surface area contributed by atoms with Crippen molar-refractivity contribution in [3.8, 4) is 5.75 Å². The van der Waals surface area contributed by atoms with Crippen LogP contribution in [0.4, 0.5) is 4.39 Å². The fourth-order valence-corrected chi connectivity index (χ4v) is 2.88. The van der Waals surface area contributed by atoms with Crippen molar-refractivity contribution in [2.45, 2.75) is 30.5 Å². The molecule has 0 fully saturated rings. The Bertz CT molecular complexity index is 633. The van der Waals surface area contributed by atoms with E-state index in [-0.39, 0.29) is 11.9 Å². The van der Waals surface area contributed by atoms with E-state index in [0.29, 0.717) is 12.1 Å². The number of methoxy groups -OCH3 is 1. The SMILES string of the molecule is COc1cc(CNC(C)C(O)c2ccc(F)cc2)ccc1SC. The molecule has 0 saturated heterocycles. The van der Waals surface area contributed by atoms with Crippen molar-refractivity contribution in [3.05, 3.63) is 59.4 Å². The van der Waals surface area contributed by atoms with Crippen LogP contribution in [-0.4, -0.2) is 24.5 Å². The maximum atomic E-state index is 12.9. The van der Waals surface area contributed by atoms with E-state index in [4.69, 9.17) is 4.74 Å². The summed E-state index contributed by atoms with van der Waals surface area (Å²) in [5.74, 6) is 0.547. The summed E-state index contributed by atoms with van der Waals surface area (Å²) in [6.45, 7) is 2.52. The molecule has 2 aromatic carbocycles. The van der Waals surface area contributed by atoms with E-state index >= 15 is 0 Å². The standard InChI is InChI=1S/C18H22FNO2S/c1-12(18(21)14-5-7-15(19)8-6-14)20-11-13-4-9-17(23-3)16(10-13)22-2/h4-10,12,18,20-21H,11H2,1-3H3. The van der Waals surface area contributed by atoms with Gasteiger partial charge in [0.2, 0.25) is 0 Å². The molecule has 2 unspecified atom stereocenters. The number of hydrogen-bond donors (Lipinski definition) is 2. The first-order chi connectivity index (χ1) is 11.0. The lowest BCUT2D eigenvalue weighted by atomic mass is 10.0. The number of aliphatic hydroxyl groups excluding tert-OH is 1. The van der Waals surface area contributed by atoms with Gasteiger partial charge >= 0.3 is 0 Å². The molecule has 0 heterocycles. The van der Waals surface area contributed by atoms with Crippen LogP contribution in [0.3, 0.4) is 0 Å². The second-order valence-corrected chi connectivity index (χ2v) is 6.20. The van der Waals surface area contributed by atoms with Crippen LogP contribution in [0.15, 0.2) is 47.4 Å². The number of rotatable bonds is 7. The van der Waals surface area contributed by atoms with E-state index in [9.17, 15) is 9.50 Å². The van der Waals surface area contributed by atoms with Crippen LogP contribution in [0.5, 0.6) is 5.75 Å². The second kappa shape index (κ2) is 8.34. The highest BCUT2D eigenvalue weighted by Crippen LogP contribution is 2.28. The minimum atomic E-state index is -0.692. The molecule has 124 valence electrons. The average Bonchev–Trinajstić information content (AvgIpc) is 2.59. The molecule has 23 heavy (non-hydrogen) atoms. The summed E-state index contributed by atoms with van der Waals surface area (Å²) in [5.41, 5.74) is 1.78. The Morgan fingerprint density at radius 2 is 1.91 bits per heavy atom. The maximum absolute atomic E-state index is 12.9. The van der Waals surface area contributed by atoms with Gasteiger partial charge in [-0.1, -0.05) is 18.2 Å². The van der Waals surface area contributed by atoms with Crippen LogP contribution in [0, 0.1) is 5.82 Å². The Morgan fingerprint density at radius 3 is 2.52 bits per heavy atom. The minimum Gasteiger partial charge on any atom is -0.496 e. The number of benzene rings is 2. The molecule has 2 rings (SSSR count). The van der Waals surface area contributed by atoms with Crippen molar-refractivity contribution >= 4 is 11.8 Å². The molecule has 2 atom stereocenters. The molecule has 0 aromatic heterocycles. The Morgan fingerprint density at radius 1 is 1.22 bits per heavy atom. The van der Waals surface area contributed by atoms with Crippen molar-refractivity contribution in [1.29, 1.82) is 0 Å². The van der Waals surface area contributed by atoms with E-state index in [1.807, 2.05) is 31.4 Å². The third-order valence-electron chi connectivity index (χ3n) is 3.76. The predicted octanol–water partition coefficient (Wildman–Crippen LogP) is 3.77. The Hall–Kier alpha value is -1.56. The van der Waals surface area contributed by atoms with Crippen LogP contribution in [-0.2, 0) is 6.54 Å². The van der Waals surface area contributed by atoms with E-state index in [1.54, 1.807) is 31.0 Å². The average molecular weight is 335 g/mol. The van der Waals surface area contributed by atoms with Crippen LogP contribution in [0.25, 0.3) is 0 Å². The largest absolute Gasteiger partial charge is 0.496 e. The van der Waals surface area contributed by atoms with E-state index in [2.05, 4.69) is 5.32 Å². The first kappa shape index (κ1) is 17.8. The predicted molar refractivity (Wildman–Crippen MR) is 92.4 cm³/mol. The molecular formula is C18H22FNO2S. The van der Waals surface area contributed by atoms with E-state index in [1.165, 1.54) is 12.1 Å². The van der Waals surface area contributed by atoms with E-state index in [0.717, 1.165) is 16.2 Å². The number of nitrogens with one attached hydrogen (secondary N) is 1. The van der Waals surface area contributed by atoms with Gasteiger partial charge in [-0.05, 0) is 48.6 Å². The highest BCUT2D eigenvalue weighted by atomic mass is 32.2. The normalized spacial score (nSPS) is 13.6. The van der Waals surface area contributed by atoms with Crippen LogP contribution in [0.2, 0.25) is 0 Å². The smallest absolute Gasteiger partial charge is 0.132 e. The molecule has 0 aliphatic heterocycles. The molecule has 0 saturated carbocycles. The first-order valence-electron chi connectivity index (χ1n) is 7.43. The van der Waals surface area contributed by atoms with Crippen molar-refractivity contribution < 1.29 is 14.2 Å². The number of hydrogen-bond acceptors (Lipinski definition) is 4. The monoisotopic (exact) mass is 335 g/mol. The van der Waals surface area contributed by atoms with Crippen LogP contribution < -0.4 is 10.1 Å². The lowest BCUT2D eigenvalue weighted by Gasteiger charge is -2.21. The molecule has 2 aromatic rings. The summed E-state index contributed by atoms with van der Waals surface area (Å²) in [6.07, 6.45) is 1.32. The maximum Gasteiger partial charge on any atom is 0.132 e.